The Morgan fingerprint density at radius 1 is 1.45 bits per heavy atom. The minimum absolute atomic E-state index is 0.0303. The van der Waals surface area contributed by atoms with Crippen LogP contribution in [0.1, 0.15) is 32.8 Å². The van der Waals surface area contributed by atoms with E-state index in [-0.39, 0.29) is 5.91 Å². The van der Waals surface area contributed by atoms with Crippen LogP contribution in [0.25, 0.3) is 0 Å². The van der Waals surface area contributed by atoms with E-state index >= 15 is 0 Å². The monoisotopic (exact) mass is 278 g/mol. The highest BCUT2D eigenvalue weighted by atomic mass is 16.2. The largest absolute Gasteiger partial charge is 0.355 e. The number of carbonyl (C=O) groups is 1. The van der Waals surface area contributed by atoms with E-state index in [4.69, 9.17) is 0 Å². The van der Waals surface area contributed by atoms with E-state index in [0.29, 0.717) is 12.6 Å². The molecule has 1 aromatic rings. The summed E-state index contributed by atoms with van der Waals surface area (Å²) in [4.78, 5) is 18.1. The van der Waals surface area contributed by atoms with Crippen molar-refractivity contribution in [3.05, 3.63) is 23.9 Å². The van der Waals surface area contributed by atoms with Gasteiger partial charge in [-0.25, -0.2) is 4.98 Å². The molecule has 0 saturated carbocycles. The fourth-order valence-electron chi connectivity index (χ4n) is 1.84. The van der Waals surface area contributed by atoms with Gasteiger partial charge in [0, 0.05) is 37.9 Å². The van der Waals surface area contributed by atoms with E-state index in [1.807, 2.05) is 31.0 Å². The molecule has 0 radical (unpaired) electrons. The number of likely N-dealkylation sites (N-methyl/N-ethyl adjacent to an activating group) is 1. The lowest BCUT2D eigenvalue weighted by atomic mass is 10.2. The van der Waals surface area contributed by atoms with E-state index < -0.39 is 0 Å². The molecular formula is C15H26N4O. The summed E-state index contributed by atoms with van der Waals surface area (Å²) >= 11 is 0. The van der Waals surface area contributed by atoms with Gasteiger partial charge in [0.05, 0.1) is 6.54 Å². The first-order valence-electron chi connectivity index (χ1n) is 7.19. The first-order chi connectivity index (χ1) is 9.54. The highest BCUT2D eigenvalue weighted by Crippen LogP contribution is 2.15. The Hall–Kier alpha value is -1.62. The summed E-state index contributed by atoms with van der Waals surface area (Å²) in [6.07, 6.45) is 2.71. The molecule has 1 heterocycles. The van der Waals surface area contributed by atoms with Gasteiger partial charge >= 0.3 is 0 Å². The van der Waals surface area contributed by atoms with Crippen molar-refractivity contribution >= 4 is 11.7 Å². The summed E-state index contributed by atoms with van der Waals surface area (Å²) in [6, 6.07) is 4.38. The van der Waals surface area contributed by atoms with Gasteiger partial charge in [-0.15, -0.1) is 0 Å². The van der Waals surface area contributed by atoms with Gasteiger partial charge in [0.1, 0.15) is 5.82 Å². The van der Waals surface area contributed by atoms with Crippen molar-refractivity contribution < 1.29 is 4.79 Å². The predicted octanol–water partition coefficient (Wildman–Crippen LogP) is 1.54. The average Bonchev–Trinajstić information content (AvgIpc) is 2.43. The van der Waals surface area contributed by atoms with E-state index in [2.05, 4.69) is 29.5 Å². The van der Waals surface area contributed by atoms with Crippen LogP contribution in [0.15, 0.2) is 18.3 Å². The van der Waals surface area contributed by atoms with Crippen molar-refractivity contribution in [2.45, 2.75) is 39.8 Å². The molecule has 5 heteroatoms. The topological polar surface area (TPSA) is 57.3 Å². The third-order valence-corrected chi connectivity index (χ3v) is 2.88. The number of amides is 1. The van der Waals surface area contributed by atoms with E-state index in [9.17, 15) is 4.79 Å². The molecule has 20 heavy (non-hydrogen) atoms. The van der Waals surface area contributed by atoms with Crippen molar-refractivity contribution in [3.8, 4) is 0 Å². The number of nitrogens with one attached hydrogen (secondary N) is 2. The van der Waals surface area contributed by atoms with Gasteiger partial charge in [-0.3, -0.25) is 4.79 Å². The Bertz CT molecular complexity index is 420. The van der Waals surface area contributed by atoms with Crippen molar-refractivity contribution in [1.29, 1.82) is 0 Å². The molecule has 0 saturated heterocycles. The first-order valence-corrected chi connectivity index (χ1v) is 7.19. The molecule has 0 fully saturated rings. The zero-order chi connectivity index (χ0) is 15.0. The first kappa shape index (κ1) is 16.4. The van der Waals surface area contributed by atoms with Gasteiger partial charge in [0.2, 0.25) is 5.91 Å². The van der Waals surface area contributed by atoms with Crippen molar-refractivity contribution in [2.75, 3.05) is 25.0 Å². The average molecular weight is 278 g/mol. The maximum atomic E-state index is 11.8. The number of pyridine rings is 1. The third kappa shape index (κ3) is 5.57. The molecule has 0 aliphatic heterocycles. The molecule has 1 rings (SSSR count). The zero-order valence-corrected chi connectivity index (χ0v) is 12.9. The molecule has 0 spiro atoms. The van der Waals surface area contributed by atoms with Crippen LogP contribution in [0, 0.1) is 0 Å². The maximum Gasteiger partial charge on any atom is 0.239 e. The highest BCUT2D eigenvalue weighted by molar-refractivity contribution is 5.81. The standard InChI is InChI=1S/C15H26N4O/c1-5-8-16-14(20)11-19(4)15-13(7-6-9-17-15)10-18-12(2)3/h6-7,9,12,18H,5,8,10-11H2,1-4H3,(H,16,20). The molecule has 1 aromatic heterocycles. The molecule has 5 nitrogen and oxygen atoms in total. The van der Waals surface area contributed by atoms with Crippen molar-refractivity contribution in [3.63, 3.8) is 0 Å². The number of rotatable bonds is 8. The SMILES string of the molecule is CCCNC(=O)CN(C)c1ncccc1CNC(C)C. The number of hydrogen-bond acceptors (Lipinski definition) is 4. The van der Waals surface area contributed by atoms with Gasteiger partial charge in [-0.1, -0.05) is 26.8 Å². The second kappa shape index (κ2) is 8.53. The molecule has 1 amide bonds. The fourth-order valence-corrected chi connectivity index (χ4v) is 1.84. The van der Waals surface area contributed by atoms with Crippen LogP contribution in [-0.2, 0) is 11.3 Å². The normalized spacial score (nSPS) is 10.7. The summed E-state index contributed by atoms with van der Waals surface area (Å²) in [7, 11) is 1.90. The third-order valence-electron chi connectivity index (χ3n) is 2.88. The molecule has 0 aliphatic carbocycles. The Morgan fingerprint density at radius 3 is 2.85 bits per heavy atom. The Kier molecular flexibility index (Phi) is 7.01. The Balaban J connectivity index is 2.66. The van der Waals surface area contributed by atoms with Gasteiger partial charge < -0.3 is 15.5 Å². The molecule has 0 aliphatic rings. The molecule has 0 aromatic carbocycles. The summed E-state index contributed by atoms with van der Waals surface area (Å²) in [5.74, 6) is 0.884. The zero-order valence-electron chi connectivity index (χ0n) is 12.9. The number of hydrogen-bond donors (Lipinski definition) is 2. The number of nitrogens with zero attached hydrogens (tertiary/aromatic N) is 2. The van der Waals surface area contributed by atoms with Gasteiger partial charge in [0.25, 0.3) is 0 Å². The van der Waals surface area contributed by atoms with Gasteiger partial charge in [-0.2, -0.15) is 0 Å². The lowest BCUT2D eigenvalue weighted by molar-refractivity contribution is -0.119. The highest BCUT2D eigenvalue weighted by Gasteiger charge is 2.12. The Morgan fingerprint density at radius 2 is 2.20 bits per heavy atom. The second-order valence-corrected chi connectivity index (χ2v) is 5.23. The Labute approximate surface area is 121 Å². The van der Waals surface area contributed by atoms with Crippen LogP contribution in [0.5, 0.6) is 0 Å². The smallest absolute Gasteiger partial charge is 0.239 e. The van der Waals surface area contributed by atoms with Crippen LogP contribution < -0.4 is 15.5 Å². The number of carbonyl (C=O) groups excluding carboxylic acids is 1. The molecular weight excluding hydrogens is 252 g/mol. The fraction of sp³-hybridized carbons (Fsp3) is 0.600. The molecule has 0 atom stereocenters. The van der Waals surface area contributed by atoms with E-state index in [1.54, 1.807) is 6.20 Å². The molecule has 112 valence electrons. The van der Waals surface area contributed by atoms with Crippen molar-refractivity contribution in [1.82, 2.24) is 15.6 Å². The minimum atomic E-state index is 0.0303. The molecule has 0 bridgehead atoms. The summed E-state index contributed by atoms with van der Waals surface area (Å²) in [6.45, 7) is 8.05. The number of anilines is 1. The quantitative estimate of drug-likeness (QED) is 0.757. The number of aromatic nitrogens is 1. The molecule has 2 N–H and O–H groups in total. The maximum absolute atomic E-state index is 11.8. The second-order valence-electron chi connectivity index (χ2n) is 5.23. The summed E-state index contributed by atoms with van der Waals surface area (Å²) in [5, 5.41) is 6.26. The van der Waals surface area contributed by atoms with Crippen LogP contribution in [0.4, 0.5) is 5.82 Å². The van der Waals surface area contributed by atoms with E-state index in [1.165, 1.54) is 0 Å². The van der Waals surface area contributed by atoms with Crippen LogP contribution in [0.2, 0.25) is 0 Å². The van der Waals surface area contributed by atoms with Gasteiger partial charge in [-0.05, 0) is 12.5 Å². The van der Waals surface area contributed by atoms with Crippen molar-refractivity contribution in [2.24, 2.45) is 0 Å². The summed E-state index contributed by atoms with van der Waals surface area (Å²) < 4.78 is 0. The van der Waals surface area contributed by atoms with Crippen LogP contribution in [0.3, 0.4) is 0 Å². The van der Waals surface area contributed by atoms with Crippen LogP contribution in [-0.4, -0.2) is 37.1 Å². The lowest BCUT2D eigenvalue weighted by Gasteiger charge is -2.21. The molecule has 0 unspecified atom stereocenters. The van der Waals surface area contributed by atoms with Crippen LogP contribution >= 0.6 is 0 Å². The van der Waals surface area contributed by atoms with E-state index in [0.717, 1.165) is 30.9 Å². The summed E-state index contributed by atoms with van der Waals surface area (Å²) in [5.41, 5.74) is 1.10. The predicted molar refractivity (Wildman–Crippen MR) is 82.8 cm³/mol. The van der Waals surface area contributed by atoms with Gasteiger partial charge in [0.15, 0.2) is 0 Å². The minimum Gasteiger partial charge on any atom is -0.355 e. The lowest BCUT2D eigenvalue weighted by Crippen LogP contribution is -2.36.